The molecule has 2 aliphatic rings. The lowest BCUT2D eigenvalue weighted by Crippen LogP contribution is -2.49. The average Bonchev–Trinajstić information content (AvgIpc) is 2.41. The third-order valence-electron chi connectivity index (χ3n) is 3.66. The number of hydrogen-bond acceptors (Lipinski definition) is 2. The fourth-order valence-electron chi connectivity index (χ4n) is 3.14. The molecule has 86 valence electrons. The molecular weight excluding hydrogens is 191 g/mol. The highest BCUT2D eigenvalue weighted by Gasteiger charge is 2.44. The van der Waals surface area contributed by atoms with Gasteiger partial charge in [-0.2, -0.15) is 0 Å². The number of rotatable bonds is 1. The Morgan fingerprint density at radius 2 is 2.07 bits per heavy atom. The summed E-state index contributed by atoms with van der Waals surface area (Å²) in [6.07, 6.45) is 1.03. The standard InChI is InChI=1S/C12H21FN2/c1-7(2)15-9(4)14-12-10(13)5-8(3)6-11(12)15/h7-8,10-12H,5-6H2,1-4H3/t8-,10?,11-,12?/m1/s1. The summed E-state index contributed by atoms with van der Waals surface area (Å²) in [4.78, 5) is 6.79. The molecule has 1 aliphatic carbocycles. The zero-order valence-corrected chi connectivity index (χ0v) is 10.1. The predicted molar refractivity (Wildman–Crippen MR) is 61.0 cm³/mol. The van der Waals surface area contributed by atoms with Crippen LogP contribution in [0.1, 0.15) is 40.5 Å². The number of hydrogen-bond donors (Lipinski definition) is 0. The van der Waals surface area contributed by atoms with Gasteiger partial charge in [0.15, 0.2) is 0 Å². The van der Waals surface area contributed by atoms with E-state index in [1.807, 2.05) is 6.92 Å². The van der Waals surface area contributed by atoms with Crippen LogP contribution in [0.25, 0.3) is 0 Å². The van der Waals surface area contributed by atoms with Crippen LogP contribution in [0.15, 0.2) is 4.99 Å². The minimum atomic E-state index is -0.738. The molecule has 0 amide bonds. The number of halogens is 1. The molecule has 4 atom stereocenters. The van der Waals surface area contributed by atoms with Crippen molar-refractivity contribution in [3.63, 3.8) is 0 Å². The highest BCUT2D eigenvalue weighted by molar-refractivity contribution is 5.82. The van der Waals surface area contributed by atoms with E-state index in [0.717, 1.165) is 12.3 Å². The van der Waals surface area contributed by atoms with E-state index >= 15 is 0 Å². The topological polar surface area (TPSA) is 15.6 Å². The molecule has 2 nitrogen and oxygen atoms in total. The summed E-state index contributed by atoms with van der Waals surface area (Å²) < 4.78 is 13.9. The molecule has 0 aromatic carbocycles. The maximum Gasteiger partial charge on any atom is 0.125 e. The molecule has 0 aromatic heterocycles. The van der Waals surface area contributed by atoms with Crippen LogP contribution < -0.4 is 0 Å². The number of amidine groups is 1. The van der Waals surface area contributed by atoms with E-state index in [9.17, 15) is 4.39 Å². The van der Waals surface area contributed by atoms with E-state index in [1.165, 1.54) is 0 Å². The largest absolute Gasteiger partial charge is 0.353 e. The van der Waals surface area contributed by atoms with E-state index < -0.39 is 6.17 Å². The smallest absolute Gasteiger partial charge is 0.125 e. The van der Waals surface area contributed by atoms with Crippen LogP contribution in [0.5, 0.6) is 0 Å². The first kappa shape index (κ1) is 10.9. The molecule has 0 aromatic rings. The van der Waals surface area contributed by atoms with Crippen molar-refractivity contribution in [2.45, 2.75) is 64.8 Å². The van der Waals surface area contributed by atoms with Crippen molar-refractivity contribution in [2.75, 3.05) is 0 Å². The molecular formula is C12H21FN2. The van der Waals surface area contributed by atoms with Crippen LogP contribution >= 0.6 is 0 Å². The lowest BCUT2D eigenvalue weighted by molar-refractivity contribution is 0.107. The molecule has 2 rings (SSSR count). The Morgan fingerprint density at radius 3 is 2.67 bits per heavy atom. The molecule has 0 saturated heterocycles. The molecule has 1 fully saturated rings. The Kier molecular flexibility index (Phi) is 2.73. The predicted octanol–water partition coefficient (Wildman–Crippen LogP) is 2.63. The Labute approximate surface area is 91.6 Å². The van der Waals surface area contributed by atoms with Gasteiger partial charge in [0, 0.05) is 6.04 Å². The number of alkyl halides is 1. The molecule has 0 N–H and O–H groups in total. The zero-order chi connectivity index (χ0) is 11.2. The molecule has 1 saturated carbocycles. The number of fused-ring (bicyclic) bond motifs is 1. The Bertz CT molecular complexity index is 275. The third-order valence-corrected chi connectivity index (χ3v) is 3.66. The van der Waals surface area contributed by atoms with Gasteiger partial charge in [-0.1, -0.05) is 6.92 Å². The van der Waals surface area contributed by atoms with Gasteiger partial charge >= 0.3 is 0 Å². The summed E-state index contributed by atoms with van der Waals surface area (Å²) in [6.45, 7) is 8.48. The molecule has 2 unspecified atom stereocenters. The Balaban J connectivity index is 2.21. The van der Waals surface area contributed by atoms with Crippen LogP contribution in [-0.4, -0.2) is 35.0 Å². The third kappa shape index (κ3) is 1.77. The van der Waals surface area contributed by atoms with Crippen LogP contribution in [0.2, 0.25) is 0 Å². The first-order valence-electron chi connectivity index (χ1n) is 5.97. The van der Waals surface area contributed by atoms with Gasteiger partial charge < -0.3 is 4.90 Å². The van der Waals surface area contributed by atoms with E-state index in [-0.39, 0.29) is 6.04 Å². The summed E-state index contributed by atoms with van der Waals surface area (Å²) in [5, 5.41) is 0. The summed E-state index contributed by atoms with van der Waals surface area (Å²) in [7, 11) is 0. The summed E-state index contributed by atoms with van der Waals surface area (Å²) in [5.41, 5.74) is 0. The first-order chi connectivity index (χ1) is 7.00. The van der Waals surface area contributed by atoms with Crippen molar-refractivity contribution in [2.24, 2.45) is 10.9 Å². The molecule has 15 heavy (non-hydrogen) atoms. The van der Waals surface area contributed by atoms with E-state index in [2.05, 4.69) is 30.7 Å². The Morgan fingerprint density at radius 1 is 1.40 bits per heavy atom. The Hall–Kier alpha value is -0.600. The van der Waals surface area contributed by atoms with Crippen molar-refractivity contribution in [1.82, 2.24) is 4.90 Å². The summed E-state index contributed by atoms with van der Waals surface area (Å²) in [5.74, 6) is 1.51. The highest BCUT2D eigenvalue weighted by atomic mass is 19.1. The van der Waals surface area contributed by atoms with Gasteiger partial charge in [0.2, 0.25) is 0 Å². The van der Waals surface area contributed by atoms with Crippen molar-refractivity contribution in [3.8, 4) is 0 Å². The quantitative estimate of drug-likeness (QED) is 0.652. The second-order valence-corrected chi connectivity index (χ2v) is 5.33. The van der Waals surface area contributed by atoms with E-state index in [1.54, 1.807) is 0 Å². The molecule has 0 bridgehead atoms. The lowest BCUT2D eigenvalue weighted by atomic mass is 9.82. The molecule has 0 spiro atoms. The van der Waals surface area contributed by atoms with E-state index in [0.29, 0.717) is 24.4 Å². The van der Waals surface area contributed by atoms with Gasteiger partial charge in [0.25, 0.3) is 0 Å². The monoisotopic (exact) mass is 212 g/mol. The number of nitrogens with zero attached hydrogens (tertiary/aromatic N) is 2. The lowest BCUT2D eigenvalue weighted by Gasteiger charge is -2.39. The van der Waals surface area contributed by atoms with Crippen molar-refractivity contribution >= 4 is 5.84 Å². The van der Waals surface area contributed by atoms with E-state index in [4.69, 9.17) is 0 Å². The fourth-order valence-corrected chi connectivity index (χ4v) is 3.14. The maximum atomic E-state index is 13.9. The van der Waals surface area contributed by atoms with Crippen LogP contribution in [-0.2, 0) is 0 Å². The second kappa shape index (κ2) is 3.76. The van der Waals surface area contributed by atoms with Crippen molar-refractivity contribution in [3.05, 3.63) is 0 Å². The molecule has 1 aliphatic heterocycles. The average molecular weight is 212 g/mol. The molecule has 0 radical (unpaired) electrons. The fraction of sp³-hybridized carbons (Fsp3) is 0.917. The van der Waals surface area contributed by atoms with Gasteiger partial charge in [-0.3, -0.25) is 4.99 Å². The maximum absolute atomic E-state index is 13.9. The molecule has 3 heteroatoms. The first-order valence-corrected chi connectivity index (χ1v) is 5.97. The minimum Gasteiger partial charge on any atom is -0.353 e. The van der Waals surface area contributed by atoms with Crippen LogP contribution in [0.3, 0.4) is 0 Å². The molecule has 1 heterocycles. The zero-order valence-electron chi connectivity index (χ0n) is 10.1. The van der Waals surface area contributed by atoms with Gasteiger partial charge in [0.1, 0.15) is 12.2 Å². The van der Waals surface area contributed by atoms with Gasteiger partial charge in [-0.25, -0.2) is 4.39 Å². The van der Waals surface area contributed by atoms with Crippen LogP contribution in [0, 0.1) is 5.92 Å². The SMILES string of the molecule is CC1=NC2C(F)C[C@@H](C)C[C@H]2N1C(C)C. The summed E-state index contributed by atoms with van der Waals surface area (Å²) in [6, 6.07) is 0.647. The number of aliphatic imine (C=N–C) groups is 1. The normalized spacial score (nSPS) is 40.7. The highest BCUT2D eigenvalue weighted by Crippen LogP contribution is 2.36. The van der Waals surface area contributed by atoms with Crippen LogP contribution in [0.4, 0.5) is 4.39 Å². The van der Waals surface area contributed by atoms with Gasteiger partial charge in [0.05, 0.1) is 11.9 Å². The minimum absolute atomic E-state index is 0.0939. The van der Waals surface area contributed by atoms with Crippen molar-refractivity contribution in [1.29, 1.82) is 0 Å². The van der Waals surface area contributed by atoms with Crippen molar-refractivity contribution < 1.29 is 4.39 Å². The van der Waals surface area contributed by atoms with Gasteiger partial charge in [-0.05, 0) is 39.5 Å². The van der Waals surface area contributed by atoms with Gasteiger partial charge in [-0.15, -0.1) is 0 Å². The summed E-state index contributed by atoms with van der Waals surface area (Å²) >= 11 is 0. The second-order valence-electron chi connectivity index (χ2n) is 5.33.